The Kier molecular flexibility index (Phi) is 2.85. The molecule has 1 heterocycles. The molecule has 0 amide bonds. The molecule has 0 unspecified atom stereocenters. The van der Waals surface area contributed by atoms with Crippen LogP contribution in [0.5, 0.6) is 0 Å². The van der Waals surface area contributed by atoms with Crippen molar-refractivity contribution >= 4 is 17.5 Å². The molecule has 2 atom stereocenters. The van der Waals surface area contributed by atoms with E-state index in [1.54, 1.807) is 6.07 Å². The van der Waals surface area contributed by atoms with Gasteiger partial charge < -0.3 is 9.47 Å². The largest absolute Gasteiger partial charge is 0.458 e. The van der Waals surface area contributed by atoms with E-state index in [0.29, 0.717) is 18.4 Å². The summed E-state index contributed by atoms with van der Waals surface area (Å²) in [5.41, 5.74) is 2.42. The summed E-state index contributed by atoms with van der Waals surface area (Å²) in [7, 11) is 0. The third-order valence-corrected chi connectivity index (χ3v) is 3.45. The van der Waals surface area contributed by atoms with E-state index in [2.05, 4.69) is 0 Å². The molecule has 1 aliphatic heterocycles. The lowest BCUT2D eigenvalue weighted by Gasteiger charge is -2.32. The fourth-order valence-corrected chi connectivity index (χ4v) is 2.66. The molecule has 0 N–H and O–H groups in total. The summed E-state index contributed by atoms with van der Waals surface area (Å²) in [5.74, 6) is -0.565. The molecule has 98 valence electrons. The first kappa shape index (κ1) is 12.0. The summed E-state index contributed by atoms with van der Waals surface area (Å²) in [6.07, 6.45) is 2.83. The van der Waals surface area contributed by atoms with Crippen molar-refractivity contribution in [3.63, 3.8) is 0 Å². The van der Waals surface area contributed by atoms with Crippen LogP contribution in [0, 0.1) is 0 Å². The Hall–Kier alpha value is -2.10. The van der Waals surface area contributed by atoms with E-state index in [4.69, 9.17) is 9.47 Å². The summed E-state index contributed by atoms with van der Waals surface area (Å²) in [5, 5.41) is 0. The van der Waals surface area contributed by atoms with E-state index in [1.807, 2.05) is 24.3 Å². The number of fused-ring (bicyclic) bond motifs is 3. The molecule has 1 aliphatic carbocycles. The topological polar surface area (TPSA) is 52.6 Å². The summed E-state index contributed by atoms with van der Waals surface area (Å²) in [4.78, 5) is 22.9. The van der Waals surface area contributed by atoms with E-state index in [-0.39, 0.29) is 24.1 Å². The van der Waals surface area contributed by atoms with Crippen LogP contribution in [-0.2, 0) is 14.3 Å². The molecule has 0 fully saturated rings. The monoisotopic (exact) mass is 258 g/mol. The van der Waals surface area contributed by atoms with Crippen LogP contribution < -0.4 is 0 Å². The fourth-order valence-electron chi connectivity index (χ4n) is 2.66. The number of carbonyl (C=O) groups excluding carboxylic acids is 2. The average molecular weight is 258 g/mol. The SMILES string of the molecule is CC(=O)O[C@H]1C=C2c3ccccc3C(=O)O[C@H]2CC1. The number of ether oxygens (including phenoxy) is 2. The number of carbonyl (C=O) groups is 2. The highest BCUT2D eigenvalue weighted by Crippen LogP contribution is 2.36. The number of rotatable bonds is 1. The van der Waals surface area contributed by atoms with Crippen LogP contribution in [0.4, 0.5) is 0 Å². The van der Waals surface area contributed by atoms with Gasteiger partial charge in [-0.1, -0.05) is 18.2 Å². The number of hydrogen-bond donors (Lipinski definition) is 0. The third-order valence-electron chi connectivity index (χ3n) is 3.45. The van der Waals surface area contributed by atoms with Gasteiger partial charge in [-0.05, 0) is 30.5 Å². The Morgan fingerprint density at radius 3 is 2.74 bits per heavy atom. The zero-order valence-electron chi connectivity index (χ0n) is 10.6. The van der Waals surface area contributed by atoms with E-state index in [0.717, 1.165) is 11.1 Å². The van der Waals surface area contributed by atoms with Crippen LogP contribution in [0.1, 0.15) is 35.7 Å². The lowest BCUT2D eigenvalue weighted by atomic mass is 9.85. The first-order valence-electron chi connectivity index (χ1n) is 6.34. The molecule has 1 aromatic rings. The highest BCUT2D eigenvalue weighted by Gasteiger charge is 2.34. The highest BCUT2D eigenvalue weighted by molar-refractivity contribution is 5.99. The van der Waals surface area contributed by atoms with Crippen LogP contribution >= 0.6 is 0 Å². The average Bonchev–Trinajstić information content (AvgIpc) is 2.39. The van der Waals surface area contributed by atoms with Crippen molar-refractivity contribution < 1.29 is 19.1 Å². The van der Waals surface area contributed by atoms with Crippen LogP contribution in [0.2, 0.25) is 0 Å². The Balaban J connectivity index is 2.01. The predicted octanol–water partition coefficient (Wildman–Crippen LogP) is 2.33. The first-order chi connectivity index (χ1) is 9.15. The van der Waals surface area contributed by atoms with Gasteiger partial charge in [-0.15, -0.1) is 0 Å². The van der Waals surface area contributed by atoms with Gasteiger partial charge in [0.1, 0.15) is 12.2 Å². The molecule has 1 aromatic carbocycles. The quantitative estimate of drug-likeness (QED) is 0.725. The smallest absolute Gasteiger partial charge is 0.339 e. The number of esters is 2. The van der Waals surface area contributed by atoms with Crippen molar-refractivity contribution in [2.75, 3.05) is 0 Å². The van der Waals surface area contributed by atoms with Crippen LogP contribution in [-0.4, -0.2) is 24.1 Å². The minimum Gasteiger partial charge on any atom is -0.458 e. The molecule has 3 rings (SSSR count). The van der Waals surface area contributed by atoms with E-state index >= 15 is 0 Å². The fraction of sp³-hybridized carbons (Fsp3) is 0.333. The summed E-state index contributed by atoms with van der Waals surface area (Å²) >= 11 is 0. The van der Waals surface area contributed by atoms with E-state index in [9.17, 15) is 9.59 Å². The van der Waals surface area contributed by atoms with Gasteiger partial charge in [0.25, 0.3) is 0 Å². The van der Waals surface area contributed by atoms with Gasteiger partial charge in [0.2, 0.25) is 0 Å². The third kappa shape index (κ3) is 2.14. The second-order valence-electron chi connectivity index (χ2n) is 4.79. The molecule has 0 aromatic heterocycles. The van der Waals surface area contributed by atoms with Gasteiger partial charge in [0.05, 0.1) is 5.56 Å². The molecule has 0 saturated carbocycles. The maximum Gasteiger partial charge on any atom is 0.339 e. The van der Waals surface area contributed by atoms with Gasteiger partial charge in [-0.25, -0.2) is 4.79 Å². The minimum atomic E-state index is -0.290. The summed E-state index contributed by atoms with van der Waals surface area (Å²) in [6, 6.07) is 7.37. The van der Waals surface area contributed by atoms with Gasteiger partial charge >= 0.3 is 11.9 Å². The Morgan fingerprint density at radius 2 is 2.00 bits per heavy atom. The molecular weight excluding hydrogens is 244 g/mol. The molecule has 0 spiro atoms. The van der Waals surface area contributed by atoms with Crippen molar-refractivity contribution in [1.29, 1.82) is 0 Å². The van der Waals surface area contributed by atoms with Crippen molar-refractivity contribution in [2.45, 2.75) is 32.0 Å². The molecular formula is C15H14O4. The van der Waals surface area contributed by atoms with Gasteiger partial charge in [-0.3, -0.25) is 4.79 Å². The zero-order chi connectivity index (χ0) is 13.4. The molecule has 0 radical (unpaired) electrons. The van der Waals surface area contributed by atoms with Crippen LogP contribution in [0.15, 0.2) is 30.3 Å². The van der Waals surface area contributed by atoms with Crippen molar-refractivity contribution in [1.82, 2.24) is 0 Å². The van der Waals surface area contributed by atoms with Gasteiger partial charge in [0, 0.05) is 12.5 Å². The Labute approximate surface area is 111 Å². The molecule has 0 saturated heterocycles. The van der Waals surface area contributed by atoms with Crippen molar-refractivity contribution in [3.8, 4) is 0 Å². The minimum absolute atomic E-state index is 0.214. The second kappa shape index (κ2) is 4.53. The van der Waals surface area contributed by atoms with Crippen molar-refractivity contribution in [2.24, 2.45) is 0 Å². The summed E-state index contributed by atoms with van der Waals surface area (Å²) < 4.78 is 10.6. The molecule has 2 aliphatic rings. The Morgan fingerprint density at radius 1 is 1.26 bits per heavy atom. The summed E-state index contributed by atoms with van der Waals surface area (Å²) in [6.45, 7) is 1.40. The number of hydrogen-bond acceptors (Lipinski definition) is 4. The lowest BCUT2D eigenvalue weighted by molar-refractivity contribution is -0.144. The van der Waals surface area contributed by atoms with Gasteiger partial charge in [-0.2, -0.15) is 0 Å². The van der Waals surface area contributed by atoms with E-state index in [1.165, 1.54) is 6.92 Å². The van der Waals surface area contributed by atoms with Gasteiger partial charge in [0.15, 0.2) is 0 Å². The molecule has 19 heavy (non-hydrogen) atoms. The number of benzene rings is 1. The maximum atomic E-state index is 11.9. The van der Waals surface area contributed by atoms with Crippen LogP contribution in [0.3, 0.4) is 0 Å². The van der Waals surface area contributed by atoms with E-state index < -0.39 is 0 Å². The van der Waals surface area contributed by atoms with Crippen molar-refractivity contribution in [3.05, 3.63) is 41.5 Å². The second-order valence-corrected chi connectivity index (χ2v) is 4.79. The maximum absolute atomic E-state index is 11.9. The predicted molar refractivity (Wildman–Crippen MR) is 68.4 cm³/mol. The molecule has 4 heteroatoms. The Bertz CT molecular complexity index is 573. The highest BCUT2D eigenvalue weighted by atomic mass is 16.6. The first-order valence-corrected chi connectivity index (χ1v) is 6.34. The standard InChI is InChI=1S/C15H14O4/c1-9(16)18-10-6-7-14-13(8-10)11-4-2-3-5-12(11)15(17)19-14/h2-5,8,10,14H,6-7H2,1H3/t10-,14+/m1/s1. The lowest BCUT2D eigenvalue weighted by Crippen LogP contribution is -2.32. The molecule has 0 bridgehead atoms. The normalized spacial score (nSPS) is 24.7. The van der Waals surface area contributed by atoms with Crippen LogP contribution in [0.25, 0.3) is 5.57 Å². The zero-order valence-corrected chi connectivity index (χ0v) is 10.6. The molecule has 4 nitrogen and oxygen atoms in total.